The molecule has 4 unspecified atom stereocenters. The molecule has 0 amide bonds. The topological polar surface area (TPSA) is 126 Å². The van der Waals surface area contributed by atoms with Crippen LogP contribution in [-0.4, -0.2) is 46.6 Å². The lowest BCUT2D eigenvalue weighted by Gasteiger charge is -2.18. The molecule has 25 heavy (non-hydrogen) atoms. The maximum absolute atomic E-state index is 14.1. The van der Waals surface area contributed by atoms with Gasteiger partial charge in [0.1, 0.15) is 12.0 Å². The monoisotopic (exact) mass is 385 g/mol. The average molecular weight is 385 g/mol. The Balaban J connectivity index is 0.00000151. The van der Waals surface area contributed by atoms with Crippen LogP contribution in [0, 0.1) is 0 Å². The molecule has 12 heteroatoms. The Bertz CT molecular complexity index is 659. The van der Waals surface area contributed by atoms with Crippen molar-refractivity contribution < 1.29 is 32.0 Å². The number of phosphoric ester groups is 1. The predicted octanol–water partition coefficient (Wildman–Crippen LogP) is 1.58. The highest BCUT2D eigenvalue weighted by Crippen LogP contribution is 2.45. The number of ether oxygens (including phenoxy) is 1. The molecule has 1 aromatic heterocycles. The number of anilines is 1. The van der Waals surface area contributed by atoms with Crippen LogP contribution in [0.1, 0.15) is 26.5 Å². The number of hydrogen-bond acceptors (Lipinski definition) is 7. The number of aromatic nitrogens is 2. The molecule has 0 spiro atoms. The third kappa shape index (κ3) is 6.44. The first kappa shape index (κ1) is 21.7. The van der Waals surface area contributed by atoms with Gasteiger partial charge in [0.25, 0.3) is 0 Å². The summed E-state index contributed by atoms with van der Waals surface area (Å²) in [5.41, 5.74) is 4.63. The van der Waals surface area contributed by atoms with Crippen LogP contribution < -0.4 is 11.4 Å². The van der Waals surface area contributed by atoms with E-state index in [0.29, 0.717) is 7.18 Å². The van der Waals surface area contributed by atoms with Crippen LogP contribution in [0.3, 0.4) is 0 Å². The Labute approximate surface area is 143 Å². The second-order valence-corrected chi connectivity index (χ2v) is 6.77. The highest BCUT2D eigenvalue weighted by molar-refractivity contribution is 7.47. The van der Waals surface area contributed by atoms with Crippen molar-refractivity contribution in [2.75, 3.05) is 19.5 Å². The highest BCUT2D eigenvalue weighted by atomic mass is 31.2. The Morgan fingerprint density at radius 3 is 2.76 bits per heavy atom. The van der Waals surface area contributed by atoms with E-state index in [1.807, 2.05) is 0 Å². The van der Waals surface area contributed by atoms with Crippen molar-refractivity contribution in [3.63, 3.8) is 0 Å². The Kier molecular flexibility index (Phi) is 8.10. The number of hydrogen-bond donors (Lipinski definition) is 2. The third-order valence-electron chi connectivity index (χ3n) is 3.02. The first-order valence-electron chi connectivity index (χ1n) is 7.35. The van der Waals surface area contributed by atoms with Crippen molar-refractivity contribution >= 4 is 13.6 Å². The molecule has 1 saturated heterocycles. The van der Waals surface area contributed by atoms with E-state index in [1.165, 1.54) is 12.3 Å². The molecule has 9 nitrogen and oxygen atoms in total. The van der Waals surface area contributed by atoms with Crippen LogP contribution in [-0.2, 0) is 18.3 Å². The molecule has 3 N–H and O–H groups in total. The molecule has 1 fully saturated rings. The van der Waals surface area contributed by atoms with Gasteiger partial charge in [0, 0.05) is 12.6 Å². The van der Waals surface area contributed by atoms with Gasteiger partial charge in [-0.25, -0.2) is 13.8 Å². The maximum atomic E-state index is 14.1. The van der Waals surface area contributed by atoms with Gasteiger partial charge in [-0.05, 0) is 19.9 Å². The van der Waals surface area contributed by atoms with E-state index in [0.717, 1.165) is 4.57 Å². The van der Waals surface area contributed by atoms with Gasteiger partial charge < -0.3 is 15.4 Å². The molecule has 2 rings (SSSR count). The Morgan fingerprint density at radius 2 is 2.20 bits per heavy atom. The lowest BCUT2D eigenvalue weighted by Crippen LogP contribution is -2.30. The number of nitrogens with two attached hydrogens (primary N) is 1. The van der Waals surface area contributed by atoms with Crippen molar-refractivity contribution in [3.05, 3.63) is 22.7 Å². The van der Waals surface area contributed by atoms with Crippen molar-refractivity contribution in [1.29, 1.82) is 0 Å². The standard InChI is InChI=1S/C12H19FN3O6P.CH3F/c1-7(2)22-23(18,19)20-6-8-5-9(13)11(21-8)16-4-3-10(14)15-12(16)17;1-2/h3-4,7-9,11H,5-6H2,1-2H3,(H,18,19)(H2,14,15,17);1H3. The number of nitrogens with zero attached hydrogens (tertiary/aromatic N) is 2. The minimum Gasteiger partial charge on any atom is -0.383 e. The van der Waals surface area contributed by atoms with Crippen LogP contribution in [0.15, 0.2) is 17.1 Å². The summed E-state index contributed by atoms with van der Waals surface area (Å²) in [5.74, 6) is 0.0200. The van der Waals surface area contributed by atoms with Crippen LogP contribution >= 0.6 is 7.82 Å². The number of nitrogen functional groups attached to an aromatic ring is 1. The second kappa shape index (κ2) is 9.35. The Hall–Kier alpha value is -1.39. The van der Waals surface area contributed by atoms with E-state index in [-0.39, 0.29) is 18.8 Å². The van der Waals surface area contributed by atoms with E-state index >= 15 is 0 Å². The summed E-state index contributed by atoms with van der Waals surface area (Å²) in [6.45, 7) is 2.81. The van der Waals surface area contributed by atoms with Gasteiger partial charge in [-0.2, -0.15) is 4.98 Å². The van der Waals surface area contributed by atoms with Crippen molar-refractivity contribution in [3.8, 4) is 0 Å². The minimum absolute atomic E-state index is 0.0200. The summed E-state index contributed by atoms with van der Waals surface area (Å²) in [5, 5.41) is 0. The minimum atomic E-state index is -4.23. The normalized spacial score (nSPS) is 25.3. The van der Waals surface area contributed by atoms with Gasteiger partial charge in [-0.3, -0.25) is 18.0 Å². The fraction of sp³-hybridized carbons (Fsp3) is 0.692. The number of halogens is 2. The van der Waals surface area contributed by atoms with Gasteiger partial charge in [0.05, 0.1) is 26.0 Å². The van der Waals surface area contributed by atoms with E-state index < -0.39 is 38.1 Å². The summed E-state index contributed by atoms with van der Waals surface area (Å²) < 4.78 is 51.0. The highest BCUT2D eigenvalue weighted by Gasteiger charge is 2.38. The summed E-state index contributed by atoms with van der Waals surface area (Å²) in [6.07, 6.45) is -2.79. The summed E-state index contributed by atoms with van der Waals surface area (Å²) in [4.78, 5) is 24.7. The van der Waals surface area contributed by atoms with Gasteiger partial charge in [0.2, 0.25) is 0 Å². The van der Waals surface area contributed by atoms with E-state index in [2.05, 4.69) is 4.98 Å². The zero-order valence-electron chi connectivity index (χ0n) is 14.0. The quantitative estimate of drug-likeness (QED) is 0.707. The third-order valence-corrected chi connectivity index (χ3v) is 4.19. The molecule has 1 aliphatic heterocycles. The number of alkyl halides is 2. The van der Waals surface area contributed by atoms with Crippen molar-refractivity contribution in [2.24, 2.45) is 0 Å². The van der Waals surface area contributed by atoms with Crippen LogP contribution in [0.4, 0.5) is 14.6 Å². The van der Waals surface area contributed by atoms with Gasteiger partial charge in [-0.15, -0.1) is 0 Å². The summed E-state index contributed by atoms with van der Waals surface area (Å²) in [6, 6.07) is 1.35. The van der Waals surface area contributed by atoms with Gasteiger partial charge in [0.15, 0.2) is 6.23 Å². The number of phosphoric acid groups is 1. The molecular weight excluding hydrogens is 363 g/mol. The molecular formula is C13H22F2N3O6P. The van der Waals surface area contributed by atoms with Crippen LogP contribution in [0.5, 0.6) is 0 Å². The Morgan fingerprint density at radius 1 is 1.56 bits per heavy atom. The van der Waals surface area contributed by atoms with E-state index in [9.17, 15) is 23.0 Å². The lowest BCUT2D eigenvalue weighted by molar-refractivity contribution is -0.0407. The molecule has 0 aromatic carbocycles. The molecule has 2 heterocycles. The van der Waals surface area contributed by atoms with Gasteiger partial charge in [-0.1, -0.05) is 0 Å². The zero-order chi connectivity index (χ0) is 19.2. The number of rotatable bonds is 6. The second-order valence-electron chi connectivity index (χ2n) is 5.36. The molecule has 1 aromatic rings. The van der Waals surface area contributed by atoms with Crippen molar-refractivity contribution in [2.45, 2.75) is 44.9 Å². The van der Waals surface area contributed by atoms with E-state index in [4.69, 9.17) is 19.5 Å². The first-order valence-corrected chi connectivity index (χ1v) is 8.85. The molecule has 1 aliphatic rings. The lowest BCUT2D eigenvalue weighted by atomic mass is 10.2. The molecule has 144 valence electrons. The predicted molar refractivity (Wildman–Crippen MR) is 85.4 cm³/mol. The van der Waals surface area contributed by atoms with Crippen LogP contribution in [0.25, 0.3) is 0 Å². The SMILES string of the molecule is CC(C)OP(=O)(O)OCC1CC(F)C(n2ccc(N)nc2=O)O1.CF. The van der Waals surface area contributed by atoms with Crippen LogP contribution in [0.2, 0.25) is 0 Å². The van der Waals surface area contributed by atoms with Crippen molar-refractivity contribution in [1.82, 2.24) is 9.55 Å². The zero-order valence-corrected chi connectivity index (χ0v) is 14.9. The summed E-state index contributed by atoms with van der Waals surface area (Å²) >= 11 is 0. The first-order chi connectivity index (χ1) is 11.7. The largest absolute Gasteiger partial charge is 0.472 e. The molecule has 4 atom stereocenters. The molecule has 0 radical (unpaired) electrons. The molecule has 0 bridgehead atoms. The molecule has 0 saturated carbocycles. The smallest absolute Gasteiger partial charge is 0.383 e. The molecule has 0 aliphatic carbocycles. The fourth-order valence-electron chi connectivity index (χ4n) is 2.15. The maximum Gasteiger partial charge on any atom is 0.472 e. The average Bonchev–Trinajstić information content (AvgIpc) is 2.87. The van der Waals surface area contributed by atoms with E-state index in [1.54, 1.807) is 13.8 Å². The fourth-order valence-corrected chi connectivity index (χ4v) is 3.09. The summed E-state index contributed by atoms with van der Waals surface area (Å²) in [7, 11) is -3.73. The van der Waals surface area contributed by atoms with Gasteiger partial charge >= 0.3 is 13.5 Å².